The maximum atomic E-state index is 12.4. The molecule has 148 valence electrons. The van der Waals surface area contributed by atoms with E-state index in [-0.39, 0.29) is 6.10 Å². The lowest BCUT2D eigenvalue weighted by Crippen LogP contribution is -2.49. The number of hydrogen-bond donors (Lipinski definition) is 1. The quantitative estimate of drug-likeness (QED) is 0.851. The number of piperidine rings is 1. The molecule has 1 saturated heterocycles. The molecular weight excluding hydrogens is 356 g/mol. The number of hydrogen-bond acceptors (Lipinski definition) is 7. The maximum absolute atomic E-state index is 12.4. The van der Waals surface area contributed by atoms with Crippen LogP contribution in [-0.2, 0) is 9.68 Å². The van der Waals surface area contributed by atoms with E-state index in [2.05, 4.69) is 24.3 Å². The first-order valence-corrected chi connectivity index (χ1v) is 9.75. The lowest BCUT2D eigenvalue weighted by molar-refractivity contribution is -0.0349. The molecule has 0 atom stereocenters. The van der Waals surface area contributed by atoms with Crippen molar-refractivity contribution in [1.29, 1.82) is 0 Å². The molecule has 28 heavy (non-hydrogen) atoms. The van der Waals surface area contributed by atoms with Gasteiger partial charge in [-0.2, -0.15) is 5.17 Å². The zero-order valence-corrected chi connectivity index (χ0v) is 16.2. The van der Waals surface area contributed by atoms with Crippen LogP contribution in [0.25, 0.3) is 0 Å². The Labute approximate surface area is 165 Å². The Hall–Kier alpha value is -2.61. The molecule has 0 radical (unpaired) electrons. The van der Waals surface area contributed by atoms with Gasteiger partial charge in [-0.3, -0.25) is 4.84 Å². The van der Waals surface area contributed by atoms with E-state index in [0.717, 1.165) is 37.3 Å². The molecule has 2 aliphatic heterocycles. The first-order chi connectivity index (χ1) is 13.6. The highest BCUT2D eigenvalue weighted by molar-refractivity contribution is 5.90. The second-order valence-corrected chi connectivity index (χ2v) is 7.36. The van der Waals surface area contributed by atoms with Gasteiger partial charge in [-0.15, -0.1) is 5.17 Å². The zero-order chi connectivity index (χ0) is 19.5. The number of likely N-dealkylation sites (tertiary alicyclic amines) is 1. The van der Waals surface area contributed by atoms with Crippen LogP contribution < -0.4 is 15.9 Å². The molecule has 0 aliphatic carbocycles. The number of nitrogens with zero attached hydrogens (tertiary/aromatic N) is 3. The van der Waals surface area contributed by atoms with E-state index < -0.39 is 5.97 Å². The van der Waals surface area contributed by atoms with E-state index in [4.69, 9.17) is 9.68 Å². The molecule has 1 N–H and O–H groups in total. The summed E-state index contributed by atoms with van der Waals surface area (Å²) in [6.45, 7) is 6.48. The van der Waals surface area contributed by atoms with Crippen LogP contribution in [0.15, 0.2) is 54.6 Å². The van der Waals surface area contributed by atoms with E-state index in [1.807, 2.05) is 30.3 Å². The number of benzene rings is 2. The Morgan fingerprint density at radius 3 is 2.21 bits per heavy atom. The van der Waals surface area contributed by atoms with Gasteiger partial charge in [0.05, 0.1) is 11.7 Å². The van der Waals surface area contributed by atoms with Gasteiger partial charge in [-0.05, 0) is 51.0 Å². The van der Waals surface area contributed by atoms with Crippen LogP contribution in [0.5, 0.6) is 0 Å². The van der Waals surface area contributed by atoms with E-state index in [9.17, 15) is 4.79 Å². The first-order valence-electron chi connectivity index (χ1n) is 9.75. The third-order valence-electron chi connectivity index (χ3n) is 5.15. The van der Waals surface area contributed by atoms with Crippen LogP contribution in [0.1, 0.15) is 37.0 Å². The van der Waals surface area contributed by atoms with Crippen LogP contribution in [0.2, 0.25) is 0 Å². The molecule has 2 aliphatic rings. The highest BCUT2D eigenvalue weighted by Crippen LogP contribution is 2.34. The molecule has 0 spiro atoms. The van der Waals surface area contributed by atoms with E-state index in [1.54, 1.807) is 29.4 Å². The average Bonchev–Trinajstić information content (AvgIpc) is 3.06. The fourth-order valence-corrected chi connectivity index (χ4v) is 3.50. The largest absolute Gasteiger partial charge is 0.365 e. The van der Waals surface area contributed by atoms with E-state index in [0.29, 0.717) is 11.6 Å². The molecule has 0 bridgehead atoms. The summed E-state index contributed by atoms with van der Waals surface area (Å²) in [5.41, 5.74) is 5.06. The number of anilines is 2. The van der Waals surface area contributed by atoms with Crippen LogP contribution >= 0.6 is 0 Å². The zero-order valence-electron chi connectivity index (χ0n) is 16.2. The lowest BCUT2D eigenvalue weighted by atomic mass is 10.1. The molecule has 0 unspecified atom stereocenters. The van der Waals surface area contributed by atoms with Crippen molar-refractivity contribution in [2.45, 2.75) is 38.8 Å². The fourth-order valence-electron chi connectivity index (χ4n) is 3.50. The van der Waals surface area contributed by atoms with E-state index >= 15 is 0 Å². The van der Waals surface area contributed by atoms with Gasteiger partial charge in [0.2, 0.25) is 0 Å². The molecule has 0 aromatic heterocycles. The summed E-state index contributed by atoms with van der Waals surface area (Å²) in [6.07, 6.45) is 2.03. The number of nitrogens with one attached hydrogen (secondary N) is 1. The molecule has 2 aromatic rings. The average molecular weight is 382 g/mol. The second-order valence-electron chi connectivity index (χ2n) is 7.36. The number of hydrazine groups is 2. The van der Waals surface area contributed by atoms with Gasteiger partial charge >= 0.3 is 5.97 Å². The summed E-state index contributed by atoms with van der Waals surface area (Å²) in [6, 6.07) is 17.1. The smallest absolute Gasteiger partial charge is 0.318 e. The van der Waals surface area contributed by atoms with Gasteiger partial charge < -0.3 is 9.74 Å². The van der Waals surface area contributed by atoms with Crippen LogP contribution in [0.3, 0.4) is 0 Å². The molecule has 7 nitrogen and oxygen atoms in total. The normalized spacial score (nSPS) is 17.8. The first kappa shape index (κ1) is 18.7. The number of carbonyl (C=O) groups excluding carboxylic acids is 1. The van der Waals surface area contributed by atoms with Crippen LogP contribution in [-0.4, -0.2) is 36.1 Å². The van der Waals surface area contributed by atoms with E-state index in [1.165, 1.54) is 5.17 Å². The summed E-state index contributed by atoms with van der Waals surface area (Å²) in [4.78, 5) is 26.6. The predicted octanol–water partition coefficient (Wildman–Crippen LogP) is 3.31. The Morgan fingerprint density at radius 1 is 0.964 bits per heavy atom. The molecule has 4 rings (SSSR count). The third-order valence-corrected chi connectivity index (χ3v) is 5.15. The summed E-state index contributed by atoms with van der Waals surface area (Å²) in [7, 11) is 0. The summed E-state index contributed by atoms with van der Waals surface area (Å²) >= 11 is 0. The predicted molar refractivity (Wildman–Crippen MR) is 107 cm³/mol. The topological polar surface area (TPSA) is 57.3 Å². The Balaban J connectivity index is 1.42. The van der Waals surface area contributed by atoms with Gasteiger partial charge in [0.25, 0.3) is 0 Å². The lowest BCUT2D eigenvalue weighted by Gasteiger charge is -2.35. The van der Waals surface area contributed by atoms with Crippen molar-refractivity contribution in [3.8, 4) is 0 Å². The standard InChI is InChI=1S/C21H26N4O3/c1-16(2)23-14-12-18(13-15-23)27-24-19-10-6-7-11-20(19)25(22-24)28-21(26)17-8-4-3-5-9-17/h3-11,16,18,22H,12-15H2,1-2H3. The van der Waals surface area contributed by atoms with Gasteiger partial charge in [0, 0.05) is 19.1 Å². The molecule has 0 saturated carbocycles. The van der Waals surface area contributed by atoms with Crippen LogP contribution in [0.4, 0.5) is 11.4 Å². The highest BCUT2D eigenvalue weighted by atomic mass is 16.8. The number of para-hydroxylation sites is 2. The van der Waals surface area contributed by atoms with Gasteiger partial charge in [0.1, 0.15) is 11.4 Å². The second kappa shape index (κ2) is 8.18. The summed E-state index contributed by atoms with van der Waals surface area (Å²) in [5, 5.41) is 2.96. The van der Waals surface area contributed by atoms with Crippen molar-refractivity contribution in [1.82, 2.24) is 10.4 Å². The summed E-state index contributed by atoms with van der Waals surface area (Å²) < 4.78 is 0. The van der Waals surface area contributed by atoms with Gasteiger partial charge in [0.15, 0.2) is 0 Å². The SMILES string of the molecule is CC(C)N1CCC(ON2NN(OC(=O)c3ccccc3)c3ccccc32)CC1. The molecule has 1 fully saturated rings. The van der Waals surface area contributed by atoms with Gasteiger partial charge in [-0.1, -0.05) is 35.9 Å². The van der Waals surface area contributed by atoms with Crippen molar-refractivity contribution in [3.05, 3.63) is 60.2 Å². The number of fused-ring (bicyclic) bond motifs is 1. The molecule has 7 heteroatoms. The Kier molecular flexibility index (Phi) is 5.47. The minimum Gasteiger partial charge on any atom is -0.318 e. The Morgan fingerprint density at radius 2 is 1.57 bits per heavy atom. The van der Waals surface area contributed by atoms with Crippen molar-refractivity contribution >= 4 is 17.3 Å². The number of carbonyl (C=O) groups is 1. The fraction of sp³-hybridized carbons (Fsp3) is 0.381. The van der Waals surface area contributed by atoms with Crippen molar-refractivity contribution in [3.63, 3.8) is 0 Å². The minimum atomic E-state index is -0.435. The number of rotatable bonds is 5. The molecule has 2 aromatic carbocycles. The third kappa shape index (κ3) is 3.96. The molecule has 2 heterocycles. The maximum Gasteiger partial charge on any atom is 0.365 e. The van der Waals surface area contributed by atoms with Crippen molar-refractivity contribution < 1.29 is 14.5 Å². The van der Waals surface area contributed by atoms with Crippen LogP contribution in [0, 0.1) is 0 Å². The monoisotopic (exact) mass is 382 g/mol. The van der Waals surface area contributed by atoms with Gasteiger partial charge in [-0.25, -0.2) is 4.79 Å². The Bertz CT molecular complexity index is 806. The molecule has 0 amide bonds. The van der Waals surface area contributed by atoms with Crippen molar-refractivity contribution in [2.24, 2.45) is 0 Å². The van der Waals surface area contributed by atoms with Crippen molar-refractivity contribution in [2.75, 3.05) is 23.4 Å². The summed E-state index contributed by atoms with van der Waals surface area (Å²) in [5.74, 6) is -0.435. The minimum absolute atomic E-state index is 0.111. The highest BCUT2D eigenvalue weighted by Gasteiger charge is 2.32. The molecular formula is C21H26N4O3.